The number of ether oxygens (including phenoxy) is 1. The lowest BCUT2D eigenvalue weighted by atomic mass is 9.97. The number of fused-ring (bicyclic) bond motifs is 3. The molecule has 0 saturated carbocycles. The lowest BCUT2D eigenvalue weighted by Crippen LogP contribution is -2.39. The Hall–Kier alpha value is -2.53. The van der Waals surface area contributed by atoms with E-state index in [9.17, 15) is 15.0 Å². The fourth-order valence-corrected chi connectivity index (χ4v) is 2.97. The quantitative estimate of drug-likeness (QED) is 0.675. The van der Waals surface area contributed by atoms with E-state index in [-0.39, 0.29) is 17.3 Å². The summed E-state index contributed by atoms with van der Waals surface area (Å²) in [4.78, 5) is 12.7. The molecule has 0 bridgehead atoms. The van der Waals surface area contributed by atoms with Crippen molar-refractivity contribution >= 4 is 21.9 Å². The van der Waals surface area contributed by atoms with E-state index in [2.05, 4.69) is 0 Å². The molecule has 23 heavy (non-hydrogen) atoms. The van der Waals surface area contributed by atoms with Gasteiger partial charge in [-0.1, -0.05) is 0 Å². The van der Waals surface area contributed by atoms with E-state index < -0.39 is 5.60 Å². The molecule has 2 N–H and O–H groups in total. The van der Waals surface area contributed by atoms with Crippen molar-refractivity contribution in [1.29, 1.82) is 0 Å². The van der Waals surface area contributed by atoms with E-state index in [0.29, 0.717) is 34.1 Å². The van der Waals surface area contributed by atoms with Gasteiger partial charge in [-0.05, 0) is 43.7 Å². The third kappa shape index (κ3) is 2.16. The van der Waals surface area contributed by atoms with Crippen molar-refractivity contribution in [3.8, 4) is 11.5 Å². The van der Waals surface area contributed by atoms with Crippen molar-refractivity contribution in [3.05, 3.63) is 46.1 Å². The predicted molar refractivity (Wildman–Crippen MR) is 86.1 cm³/mol. The molecule has 1 atom stereocenters. The monoisotopic (exact) mass is 312 g/mol. The fraction of sp³-hybridized carbons (Fsp3) is 0.278. The highest BCUT2D eigenvalue weighted by Gasteiger charge is 2.35. The molecule has 0 fully saturated rings. The van der Waals surface area contributed by atoms with Crippen molar-refractivity contribution in [1.82, 2.24) is 0 Å². The van der Waals surface area contributed by atoms with Crippen LogP contribution in [0.25, 0.3) is 21.9 Å². The minimum absolute atomic E-state index is 0.0238. The molecule has 118 valence electrons. The van der Waals surface area contributed by atoms with Crippen LogP contribution in [0.1, 0.15) is 19.4 Å². The Morgan fingerprint density at radius 3 is 2.61 bits per heavy atom. The molecule has 2 heterocycles. The smallest absolute Gasteiger partial charge is 0.200 e. The average molecular weight is 312 g/mol. The Labute approximate surface area is 131 Å². The van der Waals surface area contributed by atoms with Crippen LogP contribution in [-0.4, -0.2) is 21.9 Å². The van der Waals surface area contributed by atoms with Gasteiger partial charge in [-0.3, -0.25) is 4.79 Å². The Morgan fingerprint density at radius 1 is 1.13 bits per heavy atom. The second kappa shape index (κ2) is 4.49. The first-order valence-electron chi connectivity index (χ1n) is 7.44. The SMILES string of the molecule is CC(C)(O)C1Cc2cc3c(=O)c4cc(O)ccc4oc3cc2O1. The number of rotatable bonds is 1. The largest absolute Gasteiger partial charge is 0.508 e. The maximum atomic E-state index is 12.7. The van der Waals surface area contributed by atoms with Crippen molar-refractivity contribution in [3.63, 3.8) is 0 Å². The van der Waals surface area contributed by atoms with Gasteiger partial charge in [0.1, 0.15) is 28.8 Å². The molecule has 0 radical (unpaired) electrons. The van der Waals surface area contributed by atoms with Gasteiger partial charge < -0.3 is 19.4 Å². The van der Waals surface area contributed by atoms with E-state index in [4.69, 9.17) is 9.15 Å². The zero-order valence-electron chi connectivity index (χ0n) is 12.8. The third-order valence-electron chi connectivity index (χ3n) is 4.30. The molecule has 1 aromatic heterocycles. The summed E-state index contributed by atoms with van der Waals surface area (Å²) in [5.41, 5.74) is 0.558. The highest BCUT2D eigenvalue weighted by atomic mass is 16.5. The molecule has 1 aliphatic rings. The van der Waals surface area contributed by atoms with Crippen LogP contribution in [-0.2, 0) is 6.42 Å². The first-order valence-corrected chi connectivity index (χ1v) is 7.44. The van der Waals surface area contributed by atoms with Crippen LogP contribution in [0.2, 0.25) is 0 Å². The molecule has 5 nitrogen and oxygen atoms in total. The maximum Gasteiger partial charge on any atom is 0.200 e. The van der Waals surface area contributed by atoms with Crippen molar-refractivity contribution in [2.75, 3.05) is 0 Å². The van der Waals surface area contributed by atoms with Gasteiger partial charge in [0.25, 0.3) is 0 Å². The lowest BCUT2D eigenvalue weighted by molar-refractivity contribution is -0.0229. The molecule has 0 saturated heterocycles. The first-order chi connectivity index (χ1) is 10.8. The van der Waals surface area contributed by atoms with Gasteiger partial charge in [0, 0.05) is 12.5 Å². The maximum absolute atomic E-state index is 12.7. The molecule has 4 rings (SSSR count). The van der Waals surface area contributed by atoms with Crippen molar-refractivity contribution in [2.24, 2.45) is 0 Å². The minimum atomic E-state index is -0.973. The van der Waals surface area contributed by atoms with E-state index in [1.807, 2.05) is 0 Å². The second-order valence-corrected chi connectivity index (χ2v) is 6.53. The number of hydrogen-bond donors (Lipinski definition) is 2. The standard InChI is InChI=1S/C18H16O5/c1-18(2,21)16-6-9-5-11-15(8-14(9)23-16)22-13-4-3-10(19)7-12(13)17(11)20/h3-5,7-8,16,19,21H,6H2,1-2H3. The normalized spacial score (nSPS) is 17.4. The lowest BCUT2D eigenvalue weighted by Gasteiger charge is -2.24. The topological polar surface area (TPSA) is 79.9 Å². The summed E-state index contributed by atoms with van der Waals surface area (Å²) in [5.74, 6) is 0.654. The van der Waals surface area contributed by atoms with Crippen LogP contribution >= 0.6 is 0 Å². The Kier molecular flexibility index (Phi) is 2.75. The number of aromatic hydroxyl groups is 1. The van der Waals surface area contributed by atoms with E-state index in [1.54, 1.807) is 32.0 Å². The summed E-state index contributed by atoms with van der Waals surface area (Å²) in [7, 11) is 0. The zero-order chi connectivity index (χ0) is 16.4. The summed E-state index contributed by atoms with van der Waals surface area (Å²) in [6, 6.07) is 7.91. The van der Waals surface area contributed by atoms with Gasteiger partial charge in [0.05, 0.1) is 16.4 Å². The van der Waals surface area contributed by atoms with Crippen LogP contribution in [0.5, 0.6) is 11.5 Å². The predicted octanol–water partition coefficient (Wildman–Crippen LogP) is 2.73. The molecule has 0 aliphatic carbocycles. The molecule has 1 unspecified atom stereocenters. The van der Waals surface area contributed by atoms with Crippen molar-refractivity contribution < 1.29 is 19.4 Å². The van der Waals surface area contributed by atoms with Crippen LogP contribution in [0.3, 0.4) is 0 Å². The van der Waals surface area contributed by atoms with Crippen LogP contribution < -0.4 is 10.2 Å². The highest BCUT2D eigenvalue weighted by Crippen LogP contribution is 2.36. The number of hydrogen-bond acceptors (Lipinski definition) is 5. The van der Waals surface area contributed by atoms with Gasteiger partial charge in [0.2, 0.25) is 5.43 Å². The van der Waals surface area contributed by atoms with Crippen LogP contribution in [0, 0.1) is 0 Å². The van der Waals surface area contributed by atoms with Gasteiger partial charge in [-0.15, -0.1) is 0 Å². The van der Waals surface area contributed by atoms with Gasteiger partial charge in [-0.2, -0.15) is 0 Å². The average Bonchev–Trinajstić information content (AvgIpc) is 2.90. The van der Waals surface area contributed by atoms with Gasteiger partial charge >= 0.3 is 0 Å². The minimum Gasteiger partial charge on any atom is -0.508 e. The van der Waals surface area contributed by atoms with Gasteiger partial charge in [0.15, 0.2) is 0 Å². The number of phenols is 1. The summed E-state index contributed by atoms with van der Waals surface area (Å²) >= 11 is 0. The molecule has 3 aromatic rings. The Morgan fingerprint density at radius 2 is 1.87 bits per heavy atom. The van der Waals surface area contributed by atoms with Gasteiger partial charge in [-0.25, -0.2) is 0 Å². The fourth-order valence-electron chi connectivity index (χ4n) is 2.97. The van der Waals surface area contributed by atoms with Crippen molar-refractivity contribution in [2.45, 2.75) is 32.0 Å². The van der Waals surface area contributed by atoms with E-state index in [0.717, 1.165) is 5.56 Å². The molecule has 0 amide bonds. The first kappa shape index (κ1) is 14.1. The summed E-state index contributed by atoms with van der Waals surface area (Å²) < 4.78 is 11.6. The third-order valence-corrected chi connectivity index (χ3v) is 4.30. The van der Waals surface area contributed by atoms with E-state index in [1.165, 1.54) is 12.1 Å². The highest BCUT2D eigenvalue weighted by molar-refractivity contribution is 5.91. The molecule has 1 aliphatic heterocycles. The Balaban J connectivity index is 1.95. The second-order valence-electron chi connectivity index (χ2n) is 6.53. The Bertz CT molecular complexity index is 994. The zero-order valence-corrected chi connectivity index (χ0v) is 12.8. The number of aliphatic hydroxyl groups is 1. The van der Waals surface area contributed by atoms with Crippen LogP contribution in [0.15, 0.2) is 39.5 Å². The molecular formula is C18H16O5. The molecule has 2 aromatic carbocycles. The molecule has 5 heteroatoms. The molecular weight excluding hydrogens is 296 g/mol. The summed E-state index contributed by atoms with van der Waals surface area (Å²) in [6.07, 6.45) is 0.176. The number of phenolic OH excluding ortho intramolecular Hbond substituents is 1. The van der Waals surface area contributed by atoms with Crippen LogP contribution in [0.4, 0.5) is 0 Å². The van der Waals surface area contributed by atoms with E-state index >= 15 is 0 Å². The summed E-state index contributed by atoms with van der Waals surface area (Å²) in [5, 5.41) is 20.5. The molecule has 0 spiro atoms. The number of benzene rings is 2. The summed E-state index contributed by atoms with van der Waals surface area (Å²) in [6.45, 7) is 3.40.